The van der Waals surface area contributed by atoms with Gasteiger partial charge in [0, 0.05) is 25.7 Å². The molecule has 2 N–H and O–H groups in total. The topological polar surface area (TPSA) is 44.4 Å². The molecule has 1 saturated carbocycles. The van der Waals surface area contributed by atoms with E-state index in [1.165, 1.54) is 6.42 Å². The Labute approximate surface area is 85.0 Å². The summed E-state index contributed by atoms with van der Waals surface area (Å²) in [5.41, 5.74) is 0. The molecule has 0 bridgehead atoms. The van der Waals surface area contributed by atoms with Gasteiger partial charge in [0.2, 0.25) is 5.91 Å². The summed E-state index contributed by atoms with van der Waals surface area (Å²) in [7, 11) is 2.02. The first-order valence-electron chi connectivity index (χ1n) is 5.48. The van der Waals surface area contributed by atoms with Gasteiger partial charge in [-0.15, -0.1) is 0 Å². The molecule has 4 heteroatoms. The van der Waals surface area contributed by atoms with Gasteiger partial charge < -0.3 is 10.6 Å². The Hall–Kier alpha value is -0.610. The third kappa shape index (κ3) is 2.07. The summed E-state index contributed by atoms with van der Waals surface area (Å²) in [5.74, 6) is 0.199. The number of carbonyl (C=O) groups excluding carboxylic acids is 1. The van der Waals surface area contributed by atoms with Gasteiger partial charge in [-0.3, -0.25) is 9.69 Å². The van der Waals surface area contributed by atoms with Crippen LogP contribution in [0.4, 0.5) is 0 Å². The Morgan fingerprint density at radius 2 is 2.29 bits per heavy atom. The smallest absolute Gasteiger partial charge is 0.238 e. The second-order valence-electron chi connectivity index (χ2n) is 4.34. The van der Waals surface area contributed by atoms with Gasteiger partial charge in [0.25, 0.3) is 0 Å². The molecule has 80 valence electrons. The molecular formula is C10H19N3O. The monoisotopic (exact) mass is 197 g/mol. The van der Waals surface area contributed by atoms with Crippen LogP contribution >= 0.6 is 0 Å². The molecule has 0 aromatic rings. The standard InChI is InChI=1S/C10H19N3O/c1-13-6-5-11-7-9(13)10(14)12-8-3-2-4-8/h8-9,11H,2-7H2,1H3,(H,12,14). The van der Waals surface area contributed by atoms with E-state index in [0.717, 1.165) is 32.5 Å². The van der Waals surface area contributed by atoms with Crippen molar-refractivity contribution in [3.05, 3.63) is 0 Å². The van der Waals surface area contributed by atoms with Crippen molar-refractivity contribution in [1.29, 1.82) is 0 Å². The Bertz CT molecular complexity index is 215. The van der Waals surface area contributed by atoms with Gasteiger partial charge in [-0.25, -0.2) is 0 Å². The van der Waals surface area contributed by atoms with Crippen LogP contribution in [-0.2, 0) is 4.79 Å². The van der Waals surface area contributed by atoms with E-state index < -0.39 is 0 Å². The summed E-state index contributed by atoms with van der Waals surface area (Å²) in [5, 5.41) is 6.35. The molecule has 1 unspecified atom stereocenters. The maximum atomic E-state index is 11.8. The molecule has 1 saturated heterocycles. The molecule has 2 rings (SSSR count). The van der Waals surface area contributed by atoms with Crippen LogP contribution in [0.5, 0.6) is 0 Å². The summed E-state index contributed by atoms with van der Waals surface area (Å²) in [4.78, 5) is 13.9. The highest BCUT2D eigenvalue weighted by atomic mass is 16.2. The highest BCUT2D eigenvalue weighted by Gasteiger charge is 2.28. The van der Waals surface area contributed by atoms with E-state index in [9.17, 15) is 4.79 Å². The predicted molar refractivity (Wildman–Crippen MR) is 55.1 cm³/mol. The van der Waals surface area contributed by atoms with Crippen molar-refractivity contribution in [2.45, 2.75) is 31.3 Å². The summed E-state index contributed by atoms with van der Waals surface area (Å²) in [6, 6.07) is 0.488. The first kappa shape index (κ1) is 9.93. The number of amides is 1. The Kier molecular flexibility index (Phi) is 3.03. The second kappa shape index (κ2) is 4.28. The summed E-state index contributed by atoms with van der Waals surface area (Å²) in [6.07, 6.45) is 3.59. The summed E-state index contributed by atoms with van der Waals surface area (Å²) < 4.78 is 0. The highest BCUT2D eigenvalue weighted by molar-refractivity contribution is 5.82. The zero-order chi connectivity index (χ0) is 9.97. The number of piperazine rings is 1. The Balaban J connectivity index is 1.82. The van der Waals surface area contributed by atoms with Crippen LogP contribution in [0.25, 0.3) is 0 Å². The van der Waals surface area contributed by atoms with Crippen molar-refractivity contribution in [3.8, 4) is 0 Å². The average Bonchev–Trinajstić information content (AvgIpc) is 2.12. The van der Waals surface area contributed by atoms with Gasteiger partial charge >= 0.3 is 0 Å². The molecule has 1 amide bonds. The van der Waals surface area contributed by atoms with Crippen molar-refractivity contribution < 1.29 is 4.79 Å². The van der Waals surface area contributed by atoms with E-state index in [0.29, 0.717) is 6.04 Å². The first-order chi connectivity index (χ1) is 6.77. The lowest BCUT2D eigenvalue weighted by Gasteiger charge is -2.34. The molecular weight excluding hydrogens is 178 g/mol. The van der Waals surface area contributed by atoms with Crippen molar-refractivity contribution in [2.24, 2.45) is 0 Å². The van der Waals surface area contributed by atoms with Crippen LogP contribution in [0.15, 0.2) is 0 Å². The fourth-order valence-electron chi connectivity index (χ4n) is 1.95. The van der Waals surface area contributed by atoms with Crippen LogP contribution < -0.4 is 10.6 Å². The third-order valence-electron chi connectivity index (χ3n) is 3.27. The van der Waals surface area contributed by atoms with Crippen LogP contribution in [-0.4, -0.2) is 49.6 Å². The van der Waals surface area contributed by atoms with Crippen LogP contribution in [0.2, 0.25) is 0 Å². The molecule has 1 atom stereocenters. The fraction of sp³-hybridized carbons (Fsp3) is 0.900. The van der Waals surface area contributed by atoms with Crippen molar-refractivity contribution in [1.82, 2.24) is 15.5 Å². The minimum Gasteiger partial charge on any atom is -0.352 e. The van der Waals surface area contributed by atoms with Gasteiger partial charge in [0.1, 0.15) is 6.04 Å². The van der Waals surface area contributed by atoms with E-state index in [1.54, 1.807) is 0 Å². The Morgan fingerprint density at radius 3 is 2.86 bits per heavy atom. The first-order valence-corrected chi connectivity index (χ1v) is 5.48. The molecule has 2 fully saturated rings. The molecule has 0 spiro atoms. The number of hydrogen-bond acceptors (Lipinski definition) is 3. The molecule has 1 aliphatic heterocycles. The van der Waals surface area contributed by atoms with Crippen molar-refractivity contribution in [3.63, 3.8) is 0 Å². The van der Waals surface area contributed by atoms with Crippen molar-refractivity contribution >= 4 is 5.91 Å². The molecule has 14 heavy (non-hydrogen) atoms. The van der Waals surface area contributed by atoms with Gasteiger partial charge in [-0.1, -0.05) is 0 Å². The molecule has 0 aromatic carbocycles. The summed E-state index contributed by atoms with van der Waals surface area (Å²) in [6.45, 7) is 2.74. The molecule has 4 nitrogen and oxygen atoms in total. The number of hydrogen-bond donors (Lipinski definition) is 2. The third-order valence-corrected chi connectivity index (χ3v) is 3.27. The minimum absolute atomic E-state index is 0.0318. The Morgan fingerprint density at radius 1 is 1.50 bits per heavy atom. The molecule has 0 aromatic heterocycles. The van der Waals surface area contributed by atoms with Crippen LogP contribution in [0, 0.1) is 0 Å². The maximum Gasteiger partial charge on any atom is 0.238 e. The molecule has 0 radical (unpaired) electrons. The lowest BCUT2D eigenvalue weighted by molar-refractivity contribution is -0.127. The second-order valence-corrected chi connectivity index (χ2v) is 4.34. The zero-order valence-corrected chi connectivity index (χ0v) is 8.75. The van der Waals surface area contributed by atoms with Gasteiger partial charge in [0.05, 0.1) is 0 Å². The molecule has 1 heterocycles. The van der Waals surface area contributed by atoms with Crippen LogP contribution in [0.3, 0.4) is 0 Å². The number of rotatable bonds is 2. The number of nitrogens with one attached hydrogen (secondary N) is 2. The van der Waals surface area contributed by atoms with E-state index in [-0.39, 0.29) is 11.9 Å². The minimum atomic E-state index is 0.0318. The van der Waals surface area contributed by atoms with E-state index >= 15 is 0 Å². The largest absolute Gasteiger partial charge is 0.352 e. The lowest BCUT2D eigenvalue weighted by atomic mass is 9.93. The average molecular weight is 197 g/mol. The van der Waals surface area contributed by atoms with E-state index in [1.807, 2.05) is 7.05 Å². The zero-order valence-electron chi connectivity index (χ0n) is 8.75. The number of carbonyl (C=O) groups is 1. The number of nitrogens with zero attached hydrogens (tertiary/aromatic N) is 1. The normalized spacial score (nSPS) is 29.6. The van der Waals surface area contributed by atoms with E-state index in [4.69, 9.17) is 0 Å². The van der Waals surface area contributed by atoms with Crippen molar-refractivity contribution in [2.75, 3.05) is 26.7 Å². The van der Waals surface area contributed by atoms with Gasteiger partial charge in [0.15, 0.2) is 0 Å². The van der Waals surface area contributed by atoms with E-state index in [2.05, 4.69) is 15.5 Å². The SMILES string of the molecule is CN1CCNCC1C(=O)NC1CCC1. The predicted octanol–water partition coefficient (Wildman–Crippen LogP) is -0.441. The highest BCUT2D eigenvalue weighted by Crippen LogP contribution is 2.18. The molecule has 1 aliphatic carbocycles. The maximum absolute atomic E-state index is 11.8. The fourth-order valence-corrected chi connectivity index (χ4v) is 1.95. The summed E-state index contributed by atoms with van der Waals surface area (Å²) >= 11 is 0. The van der Waals surface area contributed by atoms with Gasteiger partial charge in [-0.05, 0) is 26.3 Å². The lowest BCUT2D eigenvalue weighted by Crippen LogP contribution is -2.58. The van der Waals surface area contributed by atoms with Gasteiger partial charge in [-0.2, -0.15) is 0 Å². The van der Waals surface area contributed by atoms with Crippen LogP contribution in [0.1, 0.15) is 19.3 Å². The quantitative estimate of drug-likeness (QED) is 0.631. The molecule has 2 aliphatic rings. The number of likely N-dealkylation sites (N-methyl/N-ethyl adjacent to an activating group) is 1.